The van der Waals surface area contributed by atoms with Crippen LogP contribution >= 0.6 is 0 Å². The molecular formula is C15H16N2O5S. The van der Waals surface area contributed by atoms with Crippen LogP contribution in [0.5, 0.6) is 0 Å². The van der Waals surface area contributed by atoms with E-state index in [1.807, 2.05) is 0 Å². The van der Waals surface area contributed by atoms with Crippen molar-refractivity contribution in [3.05, 3.63) is 29.8 Å². The number of amides is 1. The summed E-state index contributed by atoms with van der Waals surface area (Å²) in [5, 5.41) is 9.12. The Kier molecular flexibility index (Phi) is 5.03. The summed E-state index contributed by atoms with van der Waals surface area (Å²) in [6.07, 6.45) is 6.06. The van der Waals surface area contributed by atoms with Crippen molar-refractivity contribution in [1.82, 2.24) is 9.62 Å². The monoisotopic (exact) mass is 336 g/mol. The smallest absolute Gasteiger partial charge is 0.326 e. The second kappa shape index (κ2) is 6.81. The molecule has 0 bridgehead atoms. The second-order valence-electron chi connectivity index (χ2n) is 5.05. The molecule has 8 heteroatoms. The molecule has 0 spiro atoms. The van der Waals surface area contributed by atoms with Gasteiger partial charge in [0.1, 0.15) is 6.04 Å². The van der Waals surface area contributed by atoms with Crippen molar-refractivity contribution >= 4 is 21.9 Å². The van der Waals surface area contributed by atoms with E-state index in [-0.39, 0.29) is 17.0 Å². The number of sulfonamides is 1. The van der Waals surface area contributed by atoms with Gasteiger partial charge in [0.25, 0.3) is 5.91 Å². The summed E-state index contributed by atoms with van der Waals surface area (Å²) in [5.74, 6) is 0.714. The number of likely N-dealkylation sites (tertiary alicyclic amines) is 1. The van der Waals surface area contributed by atoms with Gasteiger partial charge in [-0.2, -0.15) is 4.72 Å². The third-order valence-electron chi connectivity index (χ3n) is 3.57. The van der Waals surface area contributed by atoms with Crippen molar-refractivity contribution in [2.75, 3.05) is 13.1 Å². The molecule has 2 rings (SSSR count). The molecule has 1 aromatic carbocycles. The number of benzene rings is 1. The molecule has 1 fully saturated rings. The van der Waals surface area contributed by atoms with E-state index < -0.39 is 27.9 Å². The predicted molar refractivity (Wildman–Crippen MR) is 82.2 cm³/mol. The second-order valence-corrected chi connectivity index (χ2v) is 6.81. The zero-order valence-corrected chi connectivity index (χ0v) is 13.0. The Balaban J connectivity index is 2.18. The summed E-state index contributed by atoms with van der Waals surface area (Å²) in [4.78, 5) is 24.8. The van der Waals surface area contributed by atoms with Crippen molar-refractivity contribution in [3.8, 4) is 12.3 Å². The lowest BCUT2D eigenvalue weighted by Gasteiger charge is -2.21. The van der Waals surface area contributed by atoms with Gasteiger partial charge in [0.2, 0.25) is 10.0 Å². The third-order valence-corrected chi connectivity index (χ3v) is 4.99. The first-order valence-corrected chi connectivity index (χ1v) is 8.42. The molecular weight excluding hydrogens is 320 g/mol. The van der Waals surface area contributed by atoms with Gasteiger partial charge in [-0.25, -0.2) is 13.2 Å². The first kappa shape index (κ1) is 17.0. The largest absolute Gasteiger partial charge is 0.480 e. The van der Waals surface area contributed by atoms with Crippen LogP contribution < -0.4 is 4.72 Å². The van der Waals surface area contributed by atoms with E-state index in [0.717, 1.165) is 0 Å². The van der Waals surface area contributed by atoms with Gasteiger partial charge in [-0.15, -0.1) is 6.42 Å². The van der Waals surface area contributed by atoms with Crippen molar-refractivity contribution in [1.29, 1.82) is 0 Å². The highest BCUT2D eigenvalue weighted by atomic mass is 32.2. The van der Waals surface area contributed by atoms with Crippen molar-refractivity contribution < 1.29 is 23.1 Å². The van der Waals surface area contributed by atoms with Gasteiger partial charge < -0.3 is 10.0 Å². The maximum absolute atomic E-state index is 12.4. The molecule has 1 aromatic rings. The molecule has 0 aromatic heterocycles. The molecule has 1 aliphatic heterocycles. The average Bonchev–Trinajstić information content (AvgIpc) is 3.02. The molecule has 23 heavy (non-hydrogen) atoms. The number of hydrogen-bond acceptors (Lipinski definition) is 4. The first-order chi connectivity index (χ1) is 10.9. The summed E-state index contributed by atoms with van der Waals surface area (Å²) in [6.45, 7) is 0.247. The Morgan fingerprint density at radius 1 is 1.35 bits per heavy atom. The fraction of sp³-hybridized carbons (Fsp3) is 0.333. The number of carbonyl (C=O) groups is 2. The molecule has 2 N–H and O–H groups in total. The molecule has 1 saturated heterocycles. The van der Waals surface area contributed by atoms with Gasteiger partial charge in [0, 0.05) is 12.1 Å². The molecule has 1 heterocycles. The fourth-order valence-corrected chi connectivity index (χ4v) is 3.36. The molecule has 0 radical (unpaired) electrons. The van der Waals surface area contributed by atoms with Crippen LogP contribution in [0.1, 0.15) is 23.2 Å². The lowest BCUT2D eigenvalue weighted by molar-refractivity contribution is -0.141. The summed E-state index contributed by atoms with van der Waals surface area (Å²) < 4.78 is 26.0. The summed E-state index contributed by atoms with van der Waals surface area (Å²) in [6, 6.07) is 4.48. The van der Waals surface area contributed by atoms with Crippen LogP contribution in [0.25, 0.3) is 0 Å². The Labute approximate surface area is 134 Å². The lowest BCUT2D eigenvalue weighted by Crippen LogP contribution is -2.40. The van der Waals surface area contributed by atoms with E-state index in [2.05, 4.69) is 10.6 Å². The minimum atomic E-state index is -3.72. The SMILES string of the molecule is C#CCNS(=O)(=O)c1ccc(C(=O)N2CCCC2C(=O)O)cc1. The van der Waals surface area contributed by atoms with Gasteiger partial charge in [0.15, 0.2) is 0 Å². The van der Waals surface area contributed by atoms with E-state index in [1.165, 1.54) is 29.2 Å². The standard InChI is InChI=1S/C15H16N2O5S/c1-2-9-16-23(21,22)12-7-5-11(6-8-12)14(18)17-10-3-4-13(17)15(19)20/h1,5-8,13,16H,3-4,9-10H2,(H,19,20). The summed E-state index contributed by atoms with van der Waals surface area (Å²) >= 11 is 0. The van der Waals surface area contributed by atoms with Gasteiger partial charge in [-0.05, 0) is 37.1 Å². The van der Waals surface area contributed by atoms with Gasteiger partial charge in [-0.3, -0.25) is 4.79 Å². The number of nitrogens with zero attached hydrogens (tertiary/aromatic N) is 1. The zero-order chi connectivity index (χ0) is 17.0. The minimum Gasteiger partial charge on any atom is -0.480 e. The van der Waals surface area contributed by atoms with Crippen LogP contribution in [0, 0.1) is 12.3 Å². The predicted octanol–water partition coefficient (Wildman–Crippen LogP) is 0.287. The Bertz CT molecular complexity index is 749. The van der Waals surface area contributed by atoms with Gasteiger partial charge >= 0.3 is 5.97 Å². The number of nitrogens with one attached hydrogen (secondary N) is 1. The number of aliphatic carboxylic acids is 1. The average molecular weight is 336 g/mol. The highest BCUT2D eigenvalue weighted by Crippen LogP contribution is 2.21. The molecule has 122 valence electrons. The van der Waals surface area contributed by atoms with Crippen molar-refractivity contribution in [2.45, 2.75) is 23.8 Å². The van der Waals surface area contributed by atoms with Crippen LogP contribution in [0.15, 0.2) is 29.2 Å². The van der Waals surface area contributed by atoms with E-state index in [9.17, 15) is 18.0 Å². The van der Waals surface area contributed by atoms with Crippen LogP contribution in [0.3, 0.4) is 0 Å². The highest BCUT2D eigenvalue weighted by Gasteiger charge is 2.34. The number of rotatable bonds is 5. The lowest BCUT2D eigenvalue weighted by atomic mass is 10.1. The van der Waals surface area contributed by atoms with Crippen molar-refractivity contribution in [3.63, 3.8) is 0 Å². The third kappa shape index (κ3) is 3.70. The van der Waals surface area contributed by atoms with E-state index in [4.69, 9.17) is 11.5 Å². The number of carbonyl (C=O) groups excluding carboxylic acids is 1. The number of hydrogen-bond donors (Lipinski definition) is 2. The molecule has 1 unspecified atom stereocenters. The molecule has 1 atom stereocenters. The Morgan fingerprint density at radius 2 is 2.00 bits per heavy atom. The van der Waals surface area contributed by atoms with Crippen LogP contribution in [-0.4, -0.2) is 49.4 Å². The Hall–Kier alpha value is -2.37. The molecule has 1 amide bonds. The molecule has 1 aliphatic rings. The topological polar surface area (TPSA) is 104 Å². The maximum atomic E-state index is 12.4. The molecule has 7 nitrogen and oxygen atoms in total. The van der Waals surface area contributed by atoms with E-state index in [1.54, 1.807) is 0 Å². The van der Waals surface area contributed by atoms with Crippen LogP contribution in [-0.2, 0) is 14.8 Å². The normalized spacial score (nSPS) is 17.7. The van der Waals surface area contributed by atoms with Gasteiger partial charge in [0.05, 0.1) is 11.4 Å². The van der Waals surface area contributed by atoms with E-state index in [0.29, 0.717) is 19.4 Å². The molecule has 0 saturated carbocycles. The highest BCUT2D eigenvalue weighted by molar-refractivity contribution is 7.89. The van der Waals surface area contributed by atoms with Crippen LogP contribution in [0.4, 0.5) is 0 Å². The Morgan fingerprint density at radius 3 is 2.57 bits per heavy atom. The number of carboxylic acids is 1. The first-order valence-electron chi connectivity index (χ1n) is 6.94. The fourth-order valence-electron chi connectivity index (χ4n) is 2.43. The molecule has 0 aliphatic carbocycles. The van der Waals surface area contributed by atoms with Crippen molar-refractivity contribution in [2.24, 2.45) is 0 Å². The number of carboxylic acid groups (broad SMARTS) is 1. The summed E-state index contributed by atoms with van der Waals surface area (Å²) in [7, 11) is -3.72. The van der Waals surface area contributed by atoms with E-state index >= 15 is 0 Å². The van der Waals surface area contributed by atoms with Gasteiger partial charge in [-0.1, -0.05) is 5.92 Å². The maximum Gasteiger partial charge on any atom is 0.326 e. The summed E-state index contributed by atoms with van der Waals surface area (Å²) in [5.41, 5.74) is 0.244. The zero-order valence-electron chi connectivity index (χ0n) is 12.2. The quantitative estimate of drug-likeness (QED) is 0.752. The number of terminal acetylenes is 1. The van der Waals surface area contributed by atoms with Crippen LogP contribution in [0.2, 0.25) is 0 Å². The minimum absolute atomic E-state index is 0.0134.